The standard InChI is InChI=1S/C24H27F3N2O5/c1-23(2,3)34-22(32)29-13-16(15-4-8-19(30)9-5-15)12-17(14-29)21(31)28-18-6-10-20(11-7-18)33-24(25,26)27/h4-11,16-17,30H,12-14H2,1-3H3,(H,28,31)/t16-,17-/m0/s1. The van der Waals surface area contributed by atoms with E-state index in [9.17, 15) is 27.9 Å². The lowest BCUT2D eigenvalue weighted by Gasteiger charge is -2.38. The Morgan fingerprint density at radius 3 is 2.18 bits per heavy atom. The number of nitrogens with one attached hydrogen (secondary N) is 1. The number of ether oxygens (including phenoxy) is 2. The van der Waals surface area contributed by atoms with Gasteiger partial charge in [-0.3, -0.25) is 4.79 Å². The van der Waals surface area contributed by atoms with Crippen molar-refractivity contribution >= 4 is 17.7 Å². The molecule has 2 atom stereocenters. The van der Waals surface area contributed by atoms with Crippen LogP contribution in [-0.2, 0) is 9.53 Å². The van der Waals surface area contributed by atoms with Crippen LogP contribution in [0.1, 0.15) is 38.7 Å². The Labute approximate surface area is 195 Å². The molecule has 0 unspecified atom stereocenters. The Kier molecular flexibility index (Phi) is 7.28. The largest absolute Gasteiger partial charge is 0.573 e. The molecular formula is C24H27F3N2O5. The number of aromatic hydroxyl groups is 1. The van der Waals surface area contributed by atoms with Crippen LogP contribution in [0.3, 0.4) is 0 Å². The van der Waals surface area contributed by atoms with E-state index in [0.29, 0.717) is 18.7 Å². The molecule has 34 heavy (non-hydrogen) atoms. The quantitative estimate of drug-likeness (QED) is 0.623. The fraction of sp³-hybridized carbons (Fsp3) is 0.417. The van der Waals surface area contributed by atoms with Crippen molar-refractivity contribution < 1.29 is 37.3 Å². The number of phenolic OH excluding ortho intramolecular Hbond substituents is 1. The number of alkyl halides is 3. The van der Waals surface area contributed by atoms with Gasteiger partial charge in [-0.1, -0.05) is 12.1 Å². The summed E-state index contributed by atoms with van der Waals surface area (Å²) in [4.78, 5) is 27.3. The highest BCUT2D eigenvalue weighted by Crippen LogP contribution is 2.33. The second-order valence-electron chi connectivity index (χ2n) is 9.17. The first-order valence-corrected chi connectivity index (χ1v) is 10.7. The molecule has 0 saturated carbocycles. The van der Waals surface area contributed by atoms with Crippen molar-refractivity contribution in [2.75, 3.05) is 18.4 Å². The van der Waals surface area contributed by atoms with Crippen molar-refractivity contribution in [1.82, 2.24) is 4.90 Å². The number of rotatable bonds is 4. The molecule has 2 amide bonds. The fourth-order valence-corrected chi connectivity index (χ4v) is 3.74. The number of nitrogens with zero attached hydrogens (tertiary/aromatic N) is 1. The second kappa shape index (κ2) is 9.82. The Morgan fingerprint density at radius 1 is 1.00 bits per heavy atom. The third-order valence-corrected chi connectivity index (χ3v) is 5.19. The molecule has 0 aromatic heterocycles. The van der Waals surface area contributed by atoms with E-state index < -0.39 is 29.7 Å². The van der Waals surface area contributed by atoms with Gasteiger partial charge in [0.15, 0.2) is 0 Å². The minimum absolute atomic E-state index is 0.107. The van der Waals surface area contributed by atoms with Gasteiger partial charge in [0.2, 0.25) is 5.91 Å². The lowest BCUT2D eigenvalue weighted by Crippen LogP contribution is -2.48. The number of benzene rings is 2. The summed E-state index contributed by atoms with van der Waals surface area (Å²) >= 11 is 0. The molecule has 0 bridgehead atoms. The van der Waals surface area contributed by atoms with Crippen LogP contribution in [0.25, 0.3) is 0 Å². The Morgan fingerprint density at radius 2 is 1.62 bits per heavy atom. The normalized spacial score (nSPS) is 18.8. The number of carbonyl (C=O) groups excluding carboxylic acids is 2. The average Bonchev–Trinajstić information content (AvgIpc) is 2.73. The van der Waals surface area contributed by atoms with Gasteiger partial charge in [-0.15, -0.1) is 13.2 Å². The molecule has 2 aromatic carbocycles. The molecule has 0 radical (unpaired) electrons. The molecule has 10 heteroatoms. The molecule has 2 N–H and O–H groups in total. The minimum Gasteiger partial charge on any atom is -0.508 e. The average molecular weight is 480 g/mol. The van der Waals surface area contributed by atoms with Crippen LogP contribution < -0.4 is 10.1 Å². The summed E-state index contributed by atoms with van der Waals surface area (Å²) in [5.74, 6) is -1.43. The van der Waals surface area contributed by atoms with Crippen LogP contribution in [0.4, 0.5) is 23.7 Å². The number of hydrogen-bond donors (Lipinski definition) is 2. The van der Waals surface area contributed by atoms with Crippen LogP contribution in [0, 0.1) is 5.92 Å². The third-order valence-electron chi connectivity index (χ3n) is 5.19. The molecule has 2 aromatic rings. The first kappa shape index (κ1) is 25.2. The van der Waals surface area contributed by atoms with E-state index in [-0.39, 0.29) is 24.1 Å². The van der Waals surface area contributed by atoms with Crippen LogP contribution in [0.5, 0.6) is 11.5 Å². The van der Waals surface area contributed by atoms with Gasteiger partial charge in [-0.2, -0.15) is 0 Å². The van der Waals surface area contributed by atoms with Crippen LogP contribution in [0.15, 0.2) is 48.5 Å². The van der Waals surface area contributed by atoms with Gasteiger partial charge >= 0.3 is 12.5 Å². The van der Waals surface area contributed by atoms with Crippen molar-refractivity contribution in [1.29, 1.82) is 0 Å². The zero-order valence-corrected chi connectivity index (χ0v) is 19.1. The van der Waals surface area contributed by atoms with E-state index in [0.717, 1.165) is 17.7 Å². The number of carbonyl (C=O) groups is 2. The highest BCUT2D eigenvalue weighted by molar-refractivity contribution is 5.93. The molecule has 3 rings (SSSR count). The molecule has 0 aliphatic carbocycles. The van der Waals surface area contributed by atoms with Crippen molar-refractivity contribution in [3.63, 3.8) is 0 Å². The molecule has 1 saturated heterocycles. The van der Waals surface area contributed by atoms with Gasteiger partial charge < -0.3 is 24.8 Å². The summed E-state index contributed by atoms with van der Waals surface area (Å²) in [5.41, 5.74) is 0.452. The van der Waals surface area contributed by atoms with Gasteiger partial charge in [0.05, 0.1) is 5.92 Å². The van der Waals surface area contributed by atoms with Crippen LogP contribution in [-0.4, -0.2) is 47.1 Å². The predicted molar refractivity (Wildman–Crippen MR) is 119 cm³/mol. The number of likely N-dealkylation sites (tertiary alicyclic amines) is 1. The van der Waals surface area contributed by atoms with E-state index in [1.807, 2.05) is 0 Å². The Bertz CT molecular complexity index is 1000. The number of halogens is 3. The number of phenols is 1. The summed E-state index contributed by atoms with van der Waals surface area (Å²) < 4.78 is 46.4. The number of piperidine rings is 1. The monoisotopic (exact) mass is 480 g/mol. The number of hydrogen-bond acceptors (Lipinski definition) is 5. The van der Waals surface area contributed by atoms with Crippen LogP contribution >= 0.6 is 0 Å². The zero-order chi connectivity index (χ0) is 25.1. The molecule has 0 spiro atoms. The van der Waals surface area contributed by atoms with E-state index in [2.05, 4.69) is 10.1 Å². The molecule has 1 aliphatic heterocycles. The summed E-state index contributed by atoms with van der Waals surface area (Å²) in [6.45, 7) is 5.73. The summed E-state index contributed by atoms with van der Waals surface area (Å²) in [7, 11) is 0. The molecule has 184 valence electrons. The van der Waals surface area contributed by atoms with Crippen molar-refractivity contribution in [2.24, 2.45) is 5.92 Å². The van der Waals surface area contributed by atoms with Crippen molar-refractivity contribution in [3.8, 4) is 11.5 Å². The van der Waals surface area contributed by atoms with Crippen molar-refractivity contribution in [2.45, 2.75) is 45.1 Å². The van der Waals surface area contributed by atoms with Crippen LogP contribution in [0.2, 0.25) is 0 Å². The maximum absolute atomic E-state index is 13.0. The van der Waals surface area contributed by atoms with E-state index in [1.54, 1.807) is 45.0 Å². The first-order chi connectivity index (χ1) is 15.8. The zero-order valence-electron chi connectivity index (χ0n) is 19.1. The van der Waals surface area contributed by atoms with Gasteiger partial charge in [0.1, 0.15) is 17.1 Å². The summed E-state index contributed by atoms with van der Waals surface area (Å²) in [6.07, 6.45) is -4.91. The van der Waals surface area contributed by atoms with Gasteiger partial charge in [-0.25, -0.2) is 4.79 Å². The van der Waals surface area contributed by atoms with Gasteiger partial charge in [0, 0.05) is 24.7 Å². The second-order valence-corrected chi connectivity index (χ2v) is 9.17. The fourth-order valence-electron chi connectivity index (χ4n) is 3.74. The maximum atomic E-state index is 13.0. The predicted octanol–water partition coefficient (Wildman–Crippen LogP) is 5.27. The van der Waals surface area contributed by atoms with E-state index >= 15 is 0 Å². The van der Waals surface area contributed by atoms with E-state index in [1.165, 1.54) is 17.0 Å². The third kappa shape index (κ3) is 7.29. The highest BCUT2D eigenvalue weighted by atomic mass is 19.4. The molecule has 1 aliphatic rings. The first-order valence-electron chi connectivity index (χ1n) is 10.7. The SMILES string of the molecule is CC(C)(C)OC(=O)N1C[C@@H](C(=O)Nc2ccc(OC(F)(F)F)cc2)C[C@H](c2ccc(O)cc2)C1. The lowest BCUT2D eigenvalue weighted by molar-refractivity contribution is -0.274. The molecule has 7 nitrogen and oxygen atoms in total. The Hall–Kier alpha value is -3.43. The topological polar surface area (TPSA) is 88.1 Å². The van der Waals surface area contributed by atoms with Gasteiger partial charge in [-0.05, 0) is 69.2 Å². The minimum atomic E-state index is -4.80. The summed E-state index contributed by atoms with van der Waals surface area (Å²) in [6, 6.07) is 11.4. The van der Waals surface area contributed by atoms with Crippen molar-refractivity contribution in [3.05, 3.63) is 54.1 Å². The Balaban J connectivity index is 1.75. The molecular weight excluding hydrogens is 453 g/mol. The smallest absolute Gasteiger partial charge is 0.508 e. The summed E-state index contributed by atoms with van der Waals surface area (Å²) in [5, 5.41) is 12.3. The lowest BCUT2D eigenvalue weighted by atomic mass is 9.84. The number of amides is 2. The maximum Gasteiger partial charge on any atom is 0.573 e. The highest BCUT2D eigenvalue weighted by Gasteiger charge is 2.36. The molecule has 1 heterocycles. The van der Waals surface area contributed by atoms with E-state index in [4.69, 9.17) is 4.74 Å². The molecule has 1 fully saturated rings. The van der Waals surface area contributed by atoms with Gasteiger partial charge in [0.25, 0.3) is 0 Å². The number of anilines is 1.